The van der Waals surface area contributed by atoms with Crippen LogP contribution in [0, 0.1) is 5.92 Å². The number of likely N-dealkylation sites (N-methyl/N-ethyl adjacent to an activating group) is 1. The van der Waals surface area contributed by atoms with Crippen LogP contribution < -0.4 is 15.5 Å². The number of hydrogen-bond acceptors (Lipinski definition) is 3. The normalized spacial score (nSPS) is 19.0. The third-order valence-electron chi connectivity index (χ3n) is 6.90. The topological polar surface area (TPSA) is 78.5 Å². The Morgan fingerprint density at radius 2 is 1.67 bits per heavy atom. The minimum atomic E-state index is -0.957. The SMILES string of the molecule is CC(C)CCC(=O)NC1(C(=O)NC2C(=O)N(C)c3ccccc3-c3ccccc32)CCCC1. The summed E-state index contributed by atoms with van der Waals surface area (Å²) in [5.41, 5.74) is 2.51. The molecule has 2 aromatic carbocycles. The van der Waals surface area contributed by atoms with Crippen molar-refractivity contribution in [1.82, 2.24) is 10.6 Å². The molecule has 1 heterocycles. The number of hydrogen-bond donors (Lipinski definition) is 2. The maximum absolute atomic E-state index is 13.7. The number of anilines is 1. The summed E-state index contributed by atoms with van der Waals surface area (Å²) in [5, 5.41) is 6.08. The number of benzene rings is 2. The lowest BCUT2D eigenvalue weighted by molar-refractivity contribution is -0.135. The number of rotatable bonds is 6. The average Bonchev–Trinajstić information content (AvgIpc) is 3.27. The van der Waals surface area contributed by atoms with E-state index in [0.717, 1.165) is 41.6 Å². The lowest BCUT2D eigenvalue weighted by Gasteiger charge is -2.32. The molecule has 0 bridgehead atoms. The van der Waals surface area contributed by atoms with E-state index in [2.05, 4.69) is 24.5 Å². The molecule has 2 aromatic rings. The van der Waals surface area contributed by atoms with Gasteiger partial charge in [-0.2, -0.15) is 0 Å². The number of nitrogens with zero attached hydrogens (tertiary/aromatic N) is 1. The molecule has 1 aliphatic carbocycles. The Kier molecular flexibility index (Phi) is 6.54. The largest absolute Gasteiger partial charge is 0.342 e. The van der Waals surface area contributed by atoms with Crippen molar-refractivity contribution in [3.63, 3.8) is 0 Å². The molecule has 1 unspecified atom stereocenters. The van der Waals surface area contributed by atoms with Crippen molar-refractivity contribution in [1.29, 1.82) is 0 Å². The van der Waals surface area contributed by atoms with Crippen LogP contribution >= 0.6 is 0 Å². The quantitative estimate of drug-likeness (QED) is 0.691. The zero-order chi connectivity index (χ0) is 23.6. The number of amides is 3. The van der Waals surface area contributed by atoms with Crippen LogP contribution in [-0.2, 0) is 14.4 Å². The second kappa shape index (κ2) is 9.38. The molecule has 6 heteroatoms. The zero-order valence-corrected chi connectivity index (χ0v) is 19.7. The van der Waals surface area contributed by atoms with Crippen molar-refractivity contribution in [2.24, 2.45) is 5.92 Å². The maximum Gasteiger partial charge on any atom is 0.253 e. The molecule has 6 nitrogen and oxygen atoms in total. The van der Waals surface area contributed by atoms with Gasteiger partial charge in [0, 0.05) is 19.0 Å². The van der Waals surface area contributed by atoms with Crippen molar-refractivity contribution >= 4 is 23.4 Å². The molecular formula is C27H33N3O3. The summed E-state index contributed by atoms with van der Waals surface area (Å²) in [6, 6.07) is 14.7. The highest BCUT2D eigenvalue weighted by molar-refractivity contribution is 6.06. The molecular weight excluding hydrogens is 414 g/mol. The van der Waals surface area contributed by atoms with Crippen LogP contribution in [0.2, 0.25) is 0 Å². The van der Waals surface area contributed by atoms with Gasteiger partial charge in [-0.05, 0) is 42.4 Å². The van der Waals surface area contributed by atoms with Crippen molar-refractivity contribution < 1.29 is 14.4 Å². The molecule has 0 spiro atoms. The van der Waals surface area contributed by atoms with Crippen LogP contribution in [0.4, 0.5) is 5.69 Å². The van der Waals surface area contributed by atoms with E-state index in [0.29, 0.717) is 25.2 Å². The fourth-order valence-corrected chi connectivity index (χ4v) is 4.98. The third kappa shape index (κ3) is 4.52. The van der Waals surface area contributed by atoms with E-state index < -0.39 is 11.6 Å². The fraction of sp³-hybridized carbons (Fsp3) is 0.444. The van der Waals surface area contributed by atoms with Gasteiger partial charge >= 0.3 is 0 Å². The number of carbonyl (C=O) groups is 3. The summed E-state index contributed by atoms with van der Waals surface area (Å²) in [6.45, 7) is 4.16. The van der Waals surface area contributed by atoms with Crippen LogP contribution in [0.3, 0.4) is 0 Å². The molecule has 0 saturated heterocycles. The third-order valence-corrected chi connectivity index (χ3v) is 6.90. The molecule has 0 radical (unpaired) electrons. The molecule has 0 aromatic heterocycles. The molecule has 1 saturated carbocycles. The Labute approximate surface area is 195 Å². The van der Waals surface area contributed by atoms with Gasteiger partial charge in [0.2, 0.25) is 11.8 Å². The van der Waals surface area contributed by atoms with E-state index in [1.54, 1.807) is 11.9 Å². The van der Waals surface area contributed by atoms with Gasteiger partial charge in [-0.15, -0.1) is 0 Å². The Morgan fingerprint density at radius 1 is 1.03 bits per heavy atom. The van der Waals surface area contributed by atoms with Crippen LogP contribution in [0.15, 0.2) is 48.5 Å². The van der Waals surface area contributed by atoms with Crippen molar-refractivity contribution in [2.45, 2.75) is 64.0 Å². The summed E-state index contributed by atoms with van der Waals surface area (Å²) in [6.07, 6.45) is 4.10. The van der Waals surface area contributed by atoms with Gasteiger partial charge in [0.25, 0.3) is 5.91 Å². The van der Waals surface area contributed by atoms with Crippen LogP contribution in [0.5, 0.6) is 0 Å². The second-order valence-electron chi connectivity index (χ2n) is 9.68. The number of nitrogens with one attached hydrogen (secondary N) is 2. The summed E-state index contributed by atoms with van der Waals surface area (Å²) in [4.78, 5) is 41.5. The summed E-state index contributed by atoms with van der Waals surface area (Å²) < 4.78 is 0. The lowest BCUT2D eigenvalue weighted by atomic mass is 9.92. The maximum atomic E-state index is 13.7. The smallest absolute Gasteiger partial charge is 0.253 e. The number of carbonyl (C=O) groups excluding carboxylic acids is 3. The van der Waals surface area contributed by atoms with Gasteiger partial charge in [-0.3, -0.25) is 14.4 Å². The van der Waals surface area contributed by atoms with E-state index in [1.807, 2.05) is 48.5 Å². The molecule has 1 atom stereocenters. The predicted molar refractivity (Wildman–Crippen MR) is 130 cm³/mol. The Hall–Kier alpha value is -3.15. The van der Waals surface area contributed by atoms with Crippen molar-refractivity contribution in [2.75, 3.05) is 11.9 Å². The van der Waals surface area contributed by atoms with E-state index >= 15 is 0 Å². The number of fused-ring (bicyclic) bond motifs is 3. The standard InChI is InChI=1S/C27H33N3O3/c1-18(2)14-15-23(31)29-27(16-8-9-17-27)26(33)28-24-21-12-5-4-10-19(21)20-11-6-7-13-22(20)30(3)25(24)32/h4-7,10-13,18,24H,8-9,14-17H2,1-3H3,(H,28,33)(H,29,31). The molecule has 4 rings (SSSR count). The van der Waals surface area contributed by atoms with Crippen molar-refractivity contribution in [3.05, 3.63) is 54.1 Å². The molecule has 1 fully saturated rings. The van der Waals surface area contributed by atoms with Gasteiger partial charge in [-0.25, -0.2) is 0 Å². The Morgan fingerprint density at radius 3 is 2.36 bits per heavy atom. The first-order valence-electron chi connectivity index (χ1n) is 11.9. The van der Waals surface area contributed by atoms with Gasteiger partial charge in [-0.1, -0.05) is 69.2 Å². The van der Waals surface area contributed by atoms with Crippen LogP contribution in [-0.4, -0.2) is 30.3 Å². The predicted octanol–water partition coefficient (Wildman–Crippen LogP) is 4.35. The molecule has 1 aliphatic heterocycles. The highest BCUT2D eigenvalue weighted by atomic mass is 16.2. The van der Waals surface area contributed by atoms with E-state index in [9.17, 15) is 14.4 Å². The molecule has 33 heavy (non-hydrogen) atoms. The molecule has 2 N–H and O–H groups in total. The monoisotopic (exact) mass is 447 g/mol. The minimum Gasteiger partial charge on any atom is -0.342 e. The highest BCUT2D eigenvalue weighted by Crippen LogP contribution is 2.40. The van der Waals surface area contributed by atoms with Crippen LogP contribution in [0.25, 0.3) is 11.1 Å². The summed E-state index contributed by atoms with van der Waals surface area (Å²) >= 11 is 0. The lowest BCUT2D eigenvalue weighted by Crippen LogP contribution is -2.58. The van der Waals surface area contributed by atoms with Gasteiger partial charge in [0.05, 0.1) is 5.69 Å². The molecule has 174 valence electrons. The van der Waals surface area contributed by atoms with E-state index in [4.69, 9.17) is 0 Å². The first-order valence-corrected chi connectivity index (χ1v) is 11.9. The second-order valence-corrected chi connectivity index (χ2v) is 9.68. The van der Waals surface area contributed by atoms with E-state index in [-0.39, 0.29) is 17.7 Å². The first kappa shape index (κ1) is 23.0. The first-order chi connectivity index (χ1) is 15.8. The number of para-hydroxylation sites is 1. The van der Waals surface area contributed by atoms with Gasteiger partial charge < -0.3 is 15.5 Å². The highest BCUT2D eigenvalue weighted by Gasteiger charge is 2.44. The average molecular weight is 448 g/mol. The summed E-state index contributed by atoms with van der Waals surface area (Å²) in [7, 11) is 1.74. The molecule has 3 amide bonds. The molecule has 2 aliphatic rings. The Bertz CT molecular complexity index is 1060. The zero-order valence-electron chi connectivity index (χ0n) is 19.7. The Balaban J connectivity index is 1.64. The fourth-order valence-electron chi connectivity index (χ4n) is 4.98. The minimum absolute atomic E-state index is 0.0992. The van der Waals surface area contributed by atoms with Crippen LogP contribution in [0.1, 0.15) is 64.0 Å². The van der Waals surface area contributed by atoms with Gasteiger partial charge in [0.1, 0.15) is 11.6 Å². The van der Waals surface area contributed by atoms with E-state index in [1.165, 1.54) is 0 Å². The van der Waals surface area contributed by atoms with Gasteiger partial charge in [0.15, 0.2) is 0 Å². The summed E-state index contributed by atoms with van der Waals surface area (Å²) in [5.74, 6) is -0.148. The van der Waals surface area contributed by atoms with Crippen molar-refractivity contribution in [3.8, 4) is 11.1 Å².